The molecule has 0 saturated heterocycles. The highest BCUT2D eigenvalue weighted by atomic mass is 16.3. The van der Waals surface area contributed by atoms with Gasteiger partial charge in [-0.1, -0.05) is 31.5 Å². The van der Waals surface area contributed by atoms with Crippen LogP contribution in [0, 0.1) is 6.92 Å². The van der Waals surface area contributed by atoms with Gasteiger partial charge < -0.3 is 5.11 Å². The van der Waals surface area contributed by atoms with Crippen molar-refractivity contribution in [2.45, 2.75) is 33.6 Å². The van der Waals surface area contributed by atoms with Crippen LogP contribution in [0.3, 0.4) is 0 Å². The zero-order valence-electron chi connectivity index (χ0n) is 10.2. The first-order valence-electron chi connectivity index (χ1n) is 5.64. The van der Waals surface area contributed by atoms with Crippen LogP contribution in [0.25, 0.3) is 0 Å². The van der Waals surface area contributed by atoms with Crippen LogP contribution in [0.15, 0.2) is 41.1 Å². The van der Waals surface area contributed by atoms with E-state index in [4.69, 9.17) is 0 Å². The van der Waals surface area contributed by atoms with Gasteiger partial charge in [-0.05, 0) is 38.0 Å². The molecule has 0 saturated carbocycles. The van der Waals surface area contributed by atoms with Crippen molar-refractivity contribution in [2.75, 3.05) is 0 Å². The third-order valence-corrected chi connectivity index (χ3v) is 2.26. The van der Waals surface area contributed by atoms with E-state index >= 15 is 0 Å². The van der Waals surface area contributed by atoms with E-state index in [1.807, 2.05) is 31.2 Å². The summed E-state index contributed by atoms with van der Waals surface area (Å²) in [4.78, 5) is 4.57. The van der Waals surface area contributed by atoms with Crippen molar-refractivity contribution < 1.29 is 5.11 Å². The van der Waals surface area contributed by atoms with Crippen molar-refractivity contribution in [3.05, 3.63) is 41.7 Å². The molecule has 0 atom stereocenters. The third-order valence-electron chi connectivity index (χ3n) is 2.26. The fourth-order valence-electron chi connectivity index (χ4n) is 1.50. The van der Waals surface area contributed by atoms with Crippen molar-refractivity contribution in [1.29, 1.82) is 0 Å². The van der Waals surface area contributed by atoms with E-state index in [0.717, 1.165) is 29.8 Å². The molecule has 0 unspecified atom stereocenters. The maximum atomic E-state index is 9.28. The monoisotopic (exact) mass is 217 g/mol. The molecule has 0 fully saturated rings. The molecule has 0 aliphatic rings. The number of aliphatic imine (C=N–C) groups is 1. The summed E-state index contributed by atoms with van der Waals surface area (Å²) in [7, 11) is 0. The van der Waals surface area contributed by atoms with E-state index in [-0.39, 0.29) is 0 Å². The van der Waals surface area contributed by atoms with Crippen molar-refractivity contribution >= 4 is 11.4 Å². The van der Waals surface area contributed by atoms with E-state index in [1.54, 1.807) is 13.0 Å². The fourth-order valence-corrected chi connectivity index (χ4v) is 1.50. The number of aliphatic hydroxyl groups excluding tert-OH is 1. The van der Waals surface area contributed by atoms with Crippen LogP contribution in [0.2, 0.25) is 0 Å². The first kappa shape index (κ1) is 12.5. The van der Waals surface area contributed by atoms with Crippen LogP contribution in [0.1, 0.15) is 32.3 Å². The number of benzene rings is 1. The molecule has 0 aliphatic carbocycles. The highest BCUT2D eigenvalue weighted by Gasteiger charge is 1.98. The van der Waals surface area contributed by atoms with Gasteiger partial charge in [0.25, 0.3) is 0 Å². The van der Waals surface area contributed by atoms with Gasteiger partial charge in [-0.25, -0.2) is 0 Å². The molecule has 1 rings (SSSR count). The van der Waals surface area contributed by atoms with Crippen LogP contribution in [-0.2, 0) is 0 Å². The van der Waals surface area contributed by atoms with Gasteiger partial charge in [-0.3, -0.25) is 4.99 Å². The molecule has 0 bridgehead atoms. The van der Waals surface area contributed by atoms with Crippen molar-refractivity contribution in [2.24, 2.45) is 4.99 Å². The molecule has 0 aromatic heterocycles. The van der Waals surface area contributed by atoms with E-state index in [0.29, 0.717) is 5.76 Å². The standard InChI is InChI=1S/C14H19NO/c1-4-7-13(10-12(3)16)15-14-9-6-5-8-11(14)2/h5-6,8-10,16H,4,7H2,1-3H3/b12-10-,15-13+. The minimum Gasteiger partial charge on any atom is -0.513 e. The number of para-hydroxylation sites is 1. The molecule has 0 aliphatic heterocycles. The van der Waals surface area contributed by atoms with Crippen molar-refractivity contribution in [3.63, 3.8) is 0 Å². The molecular formula is C14H19NO. The molecule has 0 spiro atoms. The van der Waals surface area contributed by atoms with E-state index in [2.05, 4.69) is 11.9 Å². The summed E-state index contributed by atoms with van der Waals surface area (Å²) >= 11 is 0. The molecule has 2 nitrogen and oxygen atoms in total. The largest absolute Gasteiger partial charge is 0.513 e. The summed E-state index contributed by atoms with van der Waals surface area (Å²) in [5.74, 6) is 0.306. The Bertz CT molecular complexity index is 401. The molecule has 16 heavy (non-hydrogen) atoms. The predicted octanol–water partition coefficient (Wildman–Crippen LogP) is 4.33. The molecule has 2 heteroatoms. The Kier molecular flexibility index (Phi) is 4.77. The molecule has 0 amide bonds. The lowest BCUT2D eigenvalue weighted by molar-refractivity contribution is 0.415. The number of rotatable bonds is 4. The van der Waals surface area contributed by atoms with Crippen molar-refractivity contribution in [3.8, 4) is 0 Å². The fraction of sp³-hybridized carbons (Fsp3) is 0.357. The summed E-state index contributed by atoms with van der Waals surface area (Å²) in [6, 6.07) is 8.01. The quantitative estimate of drug-likeness (QED) is 0.591. The second-order valence-electron chi connectivity index (χ2n) is 3.93. The highest BCUT2D eigenvalue weighted by molar-refractivity contribution is 5.97. The molecule has 1 N–H and O–H groups in total. The third kappa shape index (κ3) is 3.89. The predicted molar refractivity (Wildman–Crippen MR) is 69.6 cm³/mol. The van der Waals surface area contributed by atoms with Gasteiger partial charge in [0.2, 0.25) is 0 Å². The number of allylic oxidation sites excluding steroid dienone is 2. The summed E-state index contributed by atoms with van der Waals surface area (Å²) in [6.45, 7) is 5.81. The average Bonchev–Trinajstić information content (AvgIpc) is 2.21. The van der Waals surface area contributed by atoms with Crippen LogP contribution in [0.5, 0.6) is 0 Å². The number of hydrogen-bond donors (Lipinski definition) is 1. The van der Waals surface area contributed by atoms with Gasteiger partial charge >= 0.3 is 0 Å². The van der Waals surface area contributed by atoms with E-state index in [1.165, 1.54) is 0 Å². The topological polar surface area (TPSA) is 32.6 Å². The van der Waals surface area contributed by atoms with Gasteiger partial charge in [0.05, 0.1) is 11.4 Å². The highest BCUT2D eigenvalue weighted by Crippen LogP contribution is 2.18. The first-order chi connectivity index (χ1) is 7.63. The Labute approximate surface area is 97.4 Å². The second-order valence-corrected chi connectivity index (χ2v) is 3.93. The number of aryl methyl sites for hydroxylation is 1. The maximum Gasteiger partial charge on any atom is 0.0909 e. The van der Waals surface area contributed by atoms with Crippen LogP contribution < -0.4 is 0 Å². The second kappa shape index (κ2) is 6.11. The Balaban J connectivity index is 3.02. The number of aliphatic hydroxyl groups is 1. The Morgan fingerprint density at radius 2 is 2.06 bits per heavy atom. The lowest BCUT2D eigenvalue weighted by Gasteiger charge is -2.03. The summed E-state index contributed by atoms with van der Waals surface area (Å²) in [5, 5.41) is 9.28. The molecule has 1 aromatic rings. The number of hydrogen-bond acceptors (Lipinski definition) is 2. The van der Waals surface area contributed by atoms with Crippen LogP contribution >= 0.6 is 0 Å². The lowest BCUT2D eigenvalue weighted by atomic mass is 10.1. The van der Waals surface area contributed by atoms with Gasteiger partial charge in [0.1, 0.15) is 0 Å². The molecular weight excluding hydrogens is 198 g/mol. The SMILES string of the molecule is CCCC(/C=C(/C)O)=N\c1ccccc1C. The van der Waals surface area contributed by atoms with Gasteiger partial charge in [0.15, 0.2) is 0 Å². The smallest absolute Gasteiger partial charge is 0.0909 e. The van der Waals surface area contributed by atoms with Crippen molar-refractivity contribution in [1.82, 2.24) is 0 Å². The minimum atomic E-state index is 0.306. The maximum absolute atomic E-state index is 9.28. The summed E-state index contributed by atoms with van der Waals surface area (Å²) in [5.41, 5.74) is 3.06. The average molecular weight is 217 g/mol. The molecule has 86 valence electrons. The van der Waals surface area contributed by atoms with Crippen LogP contribution in [0.4, 0.5) is 5.69 Å². The zero-order chi connectivity index (χ0) is 12.0. The van der Waals surface area contributed by atoms with Gasteiger partial charge in [-0.15, -0.1) is 0 Å². The zero-order valence-corrected chi connectivity index (χ0v) is 10.2. The number of nitrogens with zero attached hydrogens (tertiary/aromatic N) is 1. The summed E-state index contributed by atoms with van der Waals surface area (Å²) in [6.07, 6.45) is 3.64. The molecule has 0 radical (unpaired) electrons. The lowest BCUT2D eigenvalue weighted by Crippen LogP contribution is -1.94. The Morgan fingerprint density at radius 1 is 1.38 bits per heavy atom. The van der Waals surface area contributed by atoms with E-state index < -0.39 is 0 Å². The van der Waals surface area contributed by atoms with E-state index in [9.17, 15) is 5.11 Å². The van der Waals surface area contributed by atoms with Crippen LogP contribution in [-0.4, -0.2) is 10.8 Å². The first-order valence-corrected chi connectivity index (χ1v) is 5.64. The minimum absolute atomic E-state index is 0.306. The van der Waals surface area contributed by atoms with Gasteiger partial charge in [-0.2, -0.15) is 0 Å². The Hall–Kier alpha value is -1.57. The summed E-state index contributed by atoms with van der Waals surface area (Å²) < 4.78 is 0. The Morgan fingerprint density at radius 3 is 2.62 bits per heavy atom. The normalized spacial score (nSPS) is 12.9. The van der Waals surface area contributed by atoms with Gasteiger partial charge in [0, 0.05) is 5.71 Å². The molecule has 1 aromatic carbocycles. The molecule has 0 heterocycles.